The van der Waals surface area contributed by atoms with E-state index in [4.69, 9.17) is 0 Å². The van der Waals surface area contributed by atoms with Crippen LogP contribution in [0.5, 0.6) is 0 Å². The Bertz CT molecular complexity index is 71.1. The van der Waals surface area contributed by atoms with Crippen molar-refractivity contribution in [3.63, 3.8) is 0 Å². The molecule has 0 rings (SSSR count). The van der Waals surface area contributed by atoms with Gasteiger partial charge in [0.2, 0.25) is 0 Å². The molecular formula is C8H19P. The summed E-state index contributed by atoms with van der Waals surface area (Å²) in [5.74, 6) is 0.826. The van der Waals surface area contributed by atoms with Crippen LogP contribution in [0.15, 0.2) is 0 Å². The average Bonchev–Trinajstić information content (AvgIpc) is 1.64. The standard InChI is InChI=1S/C8H19P/c1-5-6-7(2)8(3,4)9/h7H,5-6,9H2,1-4H3. The number of hydrogen-bond donors (Lipinski definition) is 0. The van der Waals surface area contributed by atoms with Crippen LogP contribution in [-0.4, -0.2) is 5.16 Å². The lowest BCUT2D eigenvalue weighted by Crippen LogP contribution is -2.20. The van der Waals surface area contributed by atoms with Gasteiger partial charge in [0.1, 0.15) is 0 Å². The highest BCUT2D eigenvalue weighted by molar-refractivity contribution is 7.18. The maximum Gasteiger partial charge on any atom is -0.0181 e. The quantitative estimate of drug-likeness (QED) is 0.537. The molecule has 0 nitrogen and oxygen atoms in total. The van der Waals surface area contributed by atoms with E-state index in [0.29, 0.717) is 5.16 Å². The van der Waals surface area contributed by atoms with Crippen LogP contribution in [0.25, 0.3) is 0 Å². The fourth-order valence-corrected chi connectivity index (χ4v) is 0.972. The average molecular weight is 146 g/mol. The van der Waals surface area contributed by atoms with Crippen LogP contribution in [0, 0.1) is 5.92 Å². The summed E-state index contributed by atoms with van der Waals surface area (Å²) in [6, 6.07) is 0. The third-order valence-corrected chi connectivity index (χ3v) is 2.56. The topological polar surface area (TPSA) is 0 Å². The van der Waals surface area contributed by atoms with Crippen LogP contribution >= 0.6 is 9.24 Å². The van der Waals surface area contributed by atoms with Crippen LogP contribution in [0.2, 0.25) is 0 Å². The molecule has 0 saturated heterocycles. The number of rotatable bonds is 3. The molecule has 0 fully saturated rings. The molecule has 0 aromatic carbocycles. The highest BCUT2D eigenvalue weighted by Crippen LogP contribution is 2.29. The van der Waals surface area contributed by atoms with Crippen molar-refractivity contribution in [2.75, 3.05) is 0 Å². The highest BCUT2D eigenvalue weighted by Gasteiger charge is 2.18. The second-order valence-electron chi connectivity index (χ2n) is 3.51. The predicted octanol–water partition coefficient (Wildman–Crippen LogP) is 3.08. The normalized spacial score (nSPS) is 15.7. The first-order valence-corrected chi connectivity index (χ1v) is 4.35. The Hall–Kier alpha value is 0.430. The van der Waals surface area contributed by atoms with Crippen LogP contribution in [0.3, 0.4) is 0 Å². The summed E-state index contributed by atoms with van der Waals surface area (Å²) in [6.45, 7) is 9.11. The Morgan fingerprint density at radius 2 is 1.89 bits per heavy atom. The van der Waals surface area contributed by atoms with Gasteiger partial charge in [0.15, 0.2) is 0 Å². The molecular weight excluding hydrogens is 127 g/mol. The lowest BCUT2D eigenvalue weighted by molar-refractivity contribution is 0.425. The molecule has 0 aliphatic rings. The lowest BCUT2D eigenvalue weighted by atomic mass is 9.93. The van der Waals surface area contributed by atoms with E-state index in [-0.39, 0.29) is 0 Å². The van der Waals surface area contributed by atoms with Gasteiger partial charge in [0, 0.05) is 0 Å². The van der Waals surface area contributed by atoms with Crippen molar-refractivity contribution in [2.45, 2.75) is 45.7 Å². The minimum absolute atomic E-state index is 0.427. The molecule has 0 bridgehead atoms. The molecule has 2 unspecified atom stereocenters. The van der Waals surface area contributed by atoms with Crippen molar-refractivity contribution in [1.82, 2.24) is 0 Å². The molecule has 0 aliphatic heterocycles. The van der Waals surface area contributed by atoms with E-state index in [9.17, 15) is 0 Å². The van der Waals surface area contributed by atoms with E-state index in [1.807, 2.05) is 0 Å². The zero-order chi connectivity index (χ0) is 7.49. The number of hydrogen-bond acceptors (Lipinski definition) is 0. The summed E-state index contributed by atoms with van der Waals surface area (Å²) in [4.78, 5) is 0. The summed E-state index contributed by atoms with van der Waals surface area (Å²) in [7, 11) is 2.90. The fourth-order valence-electron chi connectivity index (χ4n) is 0.805. The Labute approximate surface area is 61.6 Å². The van der Waals surface area contributed by atoms with Crippen LogP contribution in [0.4, 0.5) is 0 Å². The van der Waals surface area contributed by atoms with Gasteiger partial charge in [0.05, 0.1) is 0 Å². The van der Waals surface area contributed by atoms with E-state index in [1.165, 1.54) is 12.8 Å². The smallest absolute Gasteiger partial charge is 0.0181 e. The fraction of sp³-hybridized carbons (Fsp3) is 1.00. The summed E-state index contributed by atoms with van der Waals surface area (Å²) in [5, 5.41) is 0.427. The van der Waals surface area contributed by atoms with E-state index >= 15 is 0 Å². The second kappa shape index (κ2) is 3.56. The van der Waals surface area contributed by atoms with E-state index < -0.39 is 0 Å². The molecule has 56 valence electrons. The second-order valence-corrected chi connectivity index (χ2v) is 5.00. The first-order valence-electron chi connectivity index (χ1n) is 3.77. The molecule has 0 N–H and O–H groups in total. The minimum Gasteiger partial charge on any atom is -0.131 e. The van der Waals surface area contributed by atoms with Crippen LogP contribution in [0.1, 0.15) is 40.5 Å². The first-order chi connectivity index (χ1) is 3.98. The van der Waals surface area contributed by atoms with Gasteiger partial charge < -0.3 is 0 Å². The zero-order valence-electron chi connectivity index (χ0n) is 7.07. The van der Waals surface area contributed by atoms with Crippen molar-refractivity contribution in [3.05, 3.63) is 0 Å². The molecule has 0 heterocycles. The zero-order valence-corrected chi connectivity index (χ0v) is 8.22. The van der Waals surface area contributed by atoms with E-state index in [2.05, 4.69) is 36.9 Å². The van der Waals surface area contributed by atoms with Gasteiger partial charge in [-0.25, -0.2) is 0 Å². The predicted molar refractivity (Wildman–Crippen MR) is 47.9 cm³/mol. The monoisotopic (exact) mass is 146 g/mol. The van der Waals surface area contributed by atoms with Gasteiger partial charge >= 0.3 is 0 Å². The van der Waals surface area contributed by atoms with E-state index in [0.717, 1.165) is 5.92 Å². The van der Waals surface area contributed by atoms with E-state index in [1.54, 1.807) is 0 Å². The summed E-state index contributed by atoms with van der Waals surface area (Å²) in [5.41, 5.74) is 0. The van der Waals surface area contributed by atoms with Crippen molar-refractivity contribution >= 4 is 9.24 Å². The molecule has 9 heavy (non-hydrogen) atoms. The molecule has 0 amide bonds. The van der Waals surface area contributed by atoms with Gasteiger partial charge in [-0.3, -0.25) is 0 Å². The maximum atomic E-state index is 2.90. The molecule has 2 atom stereocenters. The van der Waals surface area contributed by atoms with Crippen molar-refractivity contribution in [2.24, 2.45) is 5.92 Å². The molecule has 0 aromatic rings. The lowest BCUT2D eigenvalue weighted by Gasteiger charge is -2.26. The first kappa shape index (κ1) is 9.43. The van der Waals surface area contributed by atoms with Gasteiger partial charge in [-0.1, -0.05) is 40.5 Å². The molecule has 0 spiro atoms. The van der Waals surface area contributed by atoms with Crippen molar-refractivity contribution in [3.8, 4) is 0 Å². The maximum absolute atomic E-state index is 2.90. The van der Waals surface area contributed by atoms with Crippen LogP contribution in [-0.2, 0) is 0 Å². The Kier molecular flexibility index (Phi) is 3.73. The Morgan fingerprint density at radius 1 is 1.44 bits per heavy atom. The summed E-state index contributed by atoms with van der Waals surface area (Å²) < 4.78 is 0. The third-order valence-electron chi connectivity index (χ3n) is 1.99. The minimum atomic E-state index is 0.427. The van der Waals surface area contributed by atoms with Crippen molar-refractivity contribution < 1.29 is 0 Å². The molecule has 0 aromatic heterocycles. The summed E-state index contributed by atoms with van der Waals surface area (Å²) in [6.07, 6.45) is 2.65. The third kappa shape index (κ3) is 3.92. The molecule has 0 saturated carbocycles. The van der Waals surface area contributed by atoms with Gasteiger partial charge in [0.25, 0.3) is 0 Å². The van der Waals surface area contributed by atoms with Gasteiger partial charge in [-0.15, -0.1) is 9.24 Å². The SMILES string of the molecule is CCCC(C)C(C)(C)P. The van der Waals surface area contributed by atoms with Gasteiger partial charge in [-0.2, -0.15) is 0 Å². The van der Waals surface area contributed by atoms with Gasteiger partial charge in [-0.05, 0) is 11.1 Å². The molecule has 0 radical (unpaired) electrons. The molecule has 1 heteroatoms. The summed E-state index contributed by atoms with van der Waals surface area (Å²) >= 11 is 0. The van der Waals surface area contributed by atoms with Crippen molar-refractivity contribution in [1.29, 1.82) is 0 Å². The highest BCUT2D eigenvalue weighted by atomic mass is 31.0. The van der Waals surface area contributed by atoms with Crippen LogP contribution < -0.4 is 0 Å². The molecule has 0 aliphatic carbocycles. The Balaban J connectivity index is 3.59. The Morgan fingerprint density at radius 3 is 2.00 bits per heavy atom. The largest absolute Gasteiger partial charge is 0.131 e.